The first-order valence-corrected chi connectivity index (χ1v) is 4.04. The van der Waals surface area contributed by atoms with Crippen molar-refractivity contribution >= 4 is 12.3 Å². The summed E-state index contributed by atoms with van der Waals surface area (Å²) >= 11 is 0. The smallest absolute Gasteiger partial charge is 0.371 e. The van der Waals surface area contributed by atoms with E-state index in [0.717, 1.165) is 19.3 Å². The summed E-state index contributed by atoms with van der Waals surface area (Å²) in [7, 11) is 0. The average Bonchev–Trinajstić information content (AvgIpc) is 2.09. The molecule has 66 valence electrons. The SMILES string of the molecule is CC1=CC[C@H](OC(=O)C=O)CC1. The first-order chi connectivity index (χ1) is 5.72. The Morgan fingerprint density at radius 2 is 2.50 bits per heavy atom. The highest BCUT2D eigenvalue weighted by molar-refractivity contribution is 6.20. The van der Waals surface area contributed by atoms with E-state index in [2.05, 4.69) is 6.92 Å². The van der Waals surface area contributed by atoms with Crippen LogP contribution in [0.2, 0.25) is 0 Å². The van der Waals surface area contributed by atoms with Gasteiger partial charge in [-0.1, -0.05) is 11.6 Å². The maximum absolute atomic E-state index is 10.6. The van der Waals surface area contributed by atoms with E-state index >= 15 is 0 Å². The highest BCUT2D eigenvalue weighted by Crippen LogP contribution is 2.19. The largest absolute Gasteiger partial charge is 0.457 e. The second-order valence-corrected chi connectivity index (χ2v) is 3.00. The lowest BCUT2D eigenvalue weighted by molar-refractivity contribution is -0.153. The summed E-state index contributed by atoms with van der Waals surface area (Å²) in [5, 5.41) is 0. The summed E-state index contributed by atoms with van der Waals surface area (Å²) in [5.74, 6) is -0.757. The van der Waals surface area contributed by atoms with E-state index in [1.54, 1.807) is 0 Å². The predicted molar refractivity (Wildman–Crippen MR) is 43.6 cm³/mol. The van der Waals surface area contributed by atoms with E-state index in [0.29, 0.717) is 0 Å². The van der Waals surface area contributed by atoms with Gasteiger partial charge < -0.3 is 4.74 Å². The molecule has 0 saturated heterocycles. The second kappa shape index (κ2) is 4.04. The molecule has 0 bridgehead atoms. The van der Waals surface area contributed by atoms with E-state index in [4.69, 9.17) is 4.74 Å². The van der Waals surface area contributed by atoms with E-state index in [1.165, 1.54) is 5.57 Å². The minimum Gasteiger partial charge on any atom is -0.457 e. The molecular formula is C9H12O3. The Morgan fingerprint density at radius 1 is 1.75 bits per heavy atom. The fraction of sp³-hybridized carbons (Fsp3) is 0.556. The number of carbonyl (C=O) groups is 2. The van der Waals surface area contributed by atoms with Crippen LogP contribution in [-0.4, -0.2) is 18.4 Å². The van der Waals surface area contributed by atoms with Crippen LogP contribution in [0.25, 0.3) is 0 Å². The molecule has 1 aliphatic carbocycles. The van der Waals surface area contributed by atoms with Gasteiger partial charge in [0, 0.05) is 6.42 Å². The summed E-state index contributed by atoms with van der Waals surface area (Å²) in [6.45, 7) is 2.05. The Kier molecular flexibility index (Phi) is 3.02. The van der Waals surface area contributed by atoms with Crippen molar-refractivity contribution in [3.63, 3.8) is 0 Å². The van der Waals surface area contributed by atoms with E-state index < -0.39 is 5.97 Å². The van der Waals surface area contributed by atoms with E-state index in [-0.39, 0.29) is 12.4 Å². The molecular weight excluding hydrogens is 156 g/mol. The summed E-state index contributed by atoms with van der Waals surface area (Å²) in [6.07, 6.45) is 4.70. The van der Waals surface area contributed by atoms with Gasteiger partial charge in [0.25, 0.3) is 0 Å². The molecule has 0 amide bonds. The molecule has 0 saturated carbocycles. The van der Waals surface area contributed by atoms with Crippen molar-refractivity contribution < 1.29 is 14.3 Å². The van der Waals surface area contributed by atoms with Crippen LogP contribution in [0.4, 0.5) is 0 Å². The molecule has 1 rings (SSSR count). The van der Waals surface area contributed by atoms with Crippen molar-refractivity contribution in [1.82, 2.24) is 0 Å². The molecule has 0 fully saturated rings. The van der Waals surface area contributed by atoms with Gasteiger partial charge in [-0.2, -0.15) is 0 Å². The number of hydrogen-bond acceptors (Lipinski definition) is 3. The third-order valence-corrected chi connectivity index (χ3v) is 1.97. The summed E-state index contributed by atoms with van der Waals surface area (Å²) in [4.78, 5) is 20.5. The Balaban J connectivity index is 2.36. The van der Waals surface area contributed by atoms with Gasteiger partial charge in [-0.25, -0.2) is 4.79 Å². The van der Waals surface area contributed by atoms with Gasteiger partial charge in [-0.05, 0) is 19.8 Å². The number of hydrogen-bond donors (Lipinski definition) is 0. The standard InChI is InChI=1S/C9H12O3/c1-7-2-4-8(5-3-7)12-9(11)6-10/h2,6,8H,3-5H2,1H3/t8-/m0/s1. The molecule has 0 aromatic heterocycles. The maximum atomic E-state index is 10.6. The van der Waals surface area contributed by atoms with Crippen LogP contribution in [0.1, 0.15) is 26.2 Å². The predicted octanol–water partition coefficient (Wildman–Crippen LogP) is 1.23. The zero-order valence-electron chi connectivity index (χ0n) is 7.08. The van der Waals surface area contributed by atoms with Crippen LogP contribution in [0.3, 0.4) is 0 Å². The molecule has 0 heterocycles. The Hall–Kier alpha value is -1.12. The van der Waals surface area contributed by atoms with Crippen LogP contribution in [-0.2, 0) is 14.3 Å². The van der Waals surface area contributed by atoms with Crippen LogP contribution >= 0.6 is 0 Å². The lowest BCUT2D eigenvalue weighted by Crippen LogP contribution is -2.20. The van der Waals surface area contributed by atoms with E-state index in [1.807, 2.05) is 6.08 Å². The van der Waals surface area contributed by atoms with Gasteiger partial charge in [0.1, 0.15) is 6.10 Å². The number of ether oxygens (including phenoxy) is 1. The molecule has 0 aromatic carbocycles. The zero-order chi connectivity index (χ0) is 8.97. The molecule has 3 nitrogen and oxygen atoms in total. The lowest BCUT2D eigenvalue weighted by Gasteiger charge is -2.19. The molecule has 12 heavy (non-hydrogen) atoms. The number of aldehydes is 1. The van der Waals surface area contributed by atoms with Gasteiger partial charge in [0.2, 0.25) is 6.29 Å². The fourth-order valence-corrected chi connectivity index (χ4v) is 1.24. The van der Waals surface area contributed by atoms with E-state index in [9.17, 15) is 9.59 Å². The van der Waals surface area contributed by atoms with Gasteiger partial charge >= 0.3 is 5.97 Å². The molecule has 0 N–H and O–H groups in total. The number of carbonyl (C=O) groups excluding carboxylic acids is 2. The topological polar surface area (TPSA) is 43.4 Å². The van der Waals surface area contributed by atoms with Crippen molar-refractivity contribution in [2.75, 3.05) is 0 Å². The Labute approximate surface area is 71.4 Å². The number of rotatable bonds is 2. The van der Waals surface area contributed by atoms with Gasteiger partial charge in [-0.3, -0.25) is 4.79 Å². The van der Waals surface area contributed by atoms with Crippen LogP contribution < -0.4 is 0 Å². The van der Waals surface area contributed by atoms with Crippen molar-refractivity contribution in [2.24, 2.45) is 0 Å². The average molecular weight is 168 g/mol. The first kappa shape index (κ1) is 8.97. The third-order valence-electron chi connectivity index (χ3n) is 1.97. The monoisotopic (exact) mass is 168 g/mol. The van der Waals surface area contributed by atoms with Crippen molar-refractivity contribution in [3.05, 3.63) is 11.6 Å². The first-order valence-electron chi connectivity index (χ1n) is 4.04. The van der Waals surface area contributed by atoms with Crippen molar-refractivity contribution in [3.8, 4) is 0 Å². The zero-order valence-corrected chi connectivity index (χ0v) is 7.08. The quantitative estimate of drug-likeness (QED) is 0.269. The van der Waals surface area contributed by atoms with Crippen molar-refractivity contribution in [1.29, 1.82) is 0 Å². The van der Waals surface area contributed by atoms with Crippen LogP contribution in [0.15, 0.2) is 11.6 Å². The Morgan fingerprint density at radius 3 is 3.00 bits per heavy atom. The highest BCUT2D eigenvalue weighted by Gasteiger charge is 2.15. The molecule has 1 aliphatic rings. The Bertz CT molecular complexity index is 218. The summed E-state index contributed by atoms with van der Waals surface area (Å²) < 4.78 is 4.84. The number of esters is 1. The highest BCUT2D eigenvalue weighted by atomic mass is 16.5. The van der Waals surface area contributed by atoms with Gasteiger partial charge in [-0.15, -0.1) is 0 Å². The minimum absolute atomic E-state index is 0.0913. The molecule has 0 aliphatic heterocycles. The molecule has 0 spiro atoms. The third kappa shape index (κ3) is 2.49. The second-order valence-electron chi connectivity index (χ2n) is 3.00. The molecule has 0 radical (unpaired) electrons. The fourth-order valence-electron chi connectivity index (χ4n) is 1.24. The maximum Gasteiger partial charge on any atom is 0.371 e. The minimum atomic E-state index is -0.757. The molecule has 0 aromatic rings. The number of allylic oxidation sites excluding steroid dienone is 1. The molecule has 3 heteroatoms. The summed E-state index contributed by atoms with van der Waals surface area (Å²) in [5.41, 5.74) is 1.33. The van der Waals surface area contributed by atoms with Crippen LogP contribution in [0.5, 0.6) is 0 Å². The normalized spacial score (nSPS) is 22.8. The van der Waals surface area contributed by atoms with Crippen molar-refractivity contribution in [2.45, 2.75) is 32.3 Å². The van der Waals surface area contributed by atoms with Gasteiger partial charge in [0.05, 0.1) is 0 Å². The van der Waals surface area contributed by atoms with Gasteiger partial charge in [0.15, 0.2) is 0 Å². The molecule has 0 unspecified atom stereocenters. The van der Waals surface area contributed by atoms with Crippen LogP contribution in [0, 0.1) is 0 Å². The lowest BCUT2D eigenvalue weighted by atomic mass is 9.98. The molecule has 1 atom stereocenters. The summed E-state index contributed by atoms with van der Waals surface area (Å²) in [6, 6.07) is 0.